The van der Waals surface area contributed by atoms with Crippen LogP contribution in [0.5, 0.6) is 0 Å². The van der Waals surface area contributed by atoms with Crippen molar-refractivity contribution in [2.75, 3.05) is 39.3 Å². The Morgan fingerprint density at radius 2 is 1.87 bits per heavy atom. The van der Waals surface area contributed by atoms with Crippen molar-refractivity contribution >= 4 is 23.2 Å². The minimum Gasteiger partial charge on any atom is -0.367 e. The molecule has 0 bridgehead atoms. The van der Waals surface area contributed by atoms with E-state index >= 15 is 0 Å². The molecule has 0 radical (unpaired) electrons. The molecule has 1 aromatic heterocycles. The number of ether oxygens (including phenoxy) is 1. The summed E-state index contributed by atoms with van der Waals surface area (Å²) in [5.74, 6) is -0.190. The van der Waals surface area contributed by atoms with Gasteiger partial charge in [-0.15, -0.1) is 11.3 Å². The summed E-state index contributed by atoms with van der Waals surface area (Å²) in [6.07, 6.45) is 1.34. The molecule has 0 spiro atoms. The molecule has 200 valence electrons. The number of amides is 2. The first kappa shape index (κ1) is 26.5. The summed E-state index contributed by atoms with van der Waals surface area (Å²) in [7, 11) is 0. The molecule has 3 aromatic rings. The van der Waals surface area contributed by atoms with Crippen LogP contribution in [0.1, 0.15) is 41.0 Å². The number of thiophene rings is 1. The summed E-state index contributed by atoms with van der Waals surface area (Å²) in [6, 6.07) is 18.6. The van der Waals surface area contributed by atoms with Crippen LogP contribution in [0.15, 0.2) is 66.0 Å². The Bertz CT molecular complexity index is 1250. The van der Waals surface area contributed by atoms with Crippen molar-refractivity contribution in [2.24, 2.45) is 0 Å². The second-order valence-electron chi connectivity index (χ2n) is 10.0. The molecule has 2 aliphatic rings. The number of rotatable bonds is 8. The SMILES string of the molecule is CC1CN(C(=O)CCN2CCc3sccc3C2c2cccc(F)c2)CCN1C(=O)COCc1ccccc1. The van der Waals surface area contributed by atoms with Gasteiger partial charge >= 0.3 is 0 Å². The van der Waals surface area contributed by atoms with Crippen LogP contribution in [0.3, 0.4) is 0 Å². The Kier molecular flexibility index (Phi) is 8.51. The molecular weight excluding hydrogens is 501 g/mol. The molecule has 38 heavy (non-hydrogen) atoms. The summed E-state index contributed by atoms with van der Waals surface area (Å²) in [6.45, 7) is 5.42. The van der Waals surface area contributed by atoms with Crippen LogP contribution in [0.4, 0.5) is 4.39 Å². The monoisotopic (exact) mass is 535 g/mol. The Morgan fingerprint density at radius 1 is 1.03 bits per heavy atom. The van der Waals surface area contributed by atoms with E-state index in [-0.39, 0.29) is 36.3 Å². The average Bonchev–Trinajstić information content (AvgIpc) is 3.41. The second-order valence-corrected chi connectivity index (χ2v) is 11.0. The summed E-state index contributed by atoms with van der Waals surface area (Å²) >= 11 is 1.75. The smallest absolute Gasteiger partial charge is 0.248 e. The fourth-order valence-electron chi connectivity index (χ4n) is 5.54. The fourth-order valence-corrected chi connectivity index (χ4v) is 6.45. The van der Waals surface area contributed by atoms with E-state index in [2.05, 4.69) is 16.3 Å². The van der Waals surface area contributed by atoms with Crippen molar-refractivity contribution in [3.8, 4) is 0 Å². The van der Waals surface area contributed by atoms with Gasteiger partial charge in [-0.25, -0.2) is 4.39 Å². The first-order chi connectivity index (χ1) is 18.5. The van der Waals surface area contributed by atoms with Crippen LogP contribution in [-0.4, -0.2) is 71.9 Å². The van der Waals surface area contributed by atoms with Crippen LogP contribution in [0, 0.1) is 5.82 Å². The molecule has 1 fully saturated rings. The molecule has 3 heterocycles. The van der Waals surface area contributed by atoms with Gasteiger partial charge in [0.25, 0.3) is 0 Å². The Labute approximate surface area is 227 Å². The Hall–Kier alpha value is -3.07. The maximum atomic E-state index is 14.1. The number of hydrogen-bond donors (Lipinski definition) is 0. The zero-order chi connectivity index (χ0) is 26.5. The molecule has 2 unspecified atom stereocenters. The lowest BCUT2D eigenvalue weighted by atomic mass is 9.93. The molecule has 6 nitrogen and oxygen atoms in total. The maximum Gasteiger partial charge on any atom is 0.248 e. The summed E-state index contributed by atoms with van der Waals surface area (Å²) in [5.41, 5.74) is 3.17. The largest absolute Gasteiger partial charge is 0.367 e. The molecule has 0 aliphatic carbocycles. The quantitative estimate of drug-likeness (QED) is 0.426. The van der Waals surface area contributed by atoms with Gasteiger partial charge in [0.2, 0.25) is 11.8 Å². The Morgan fingerprint density at radius 3 is 2.66 bits per heavy atom. The van der Waals surface area contributed by atoms with Crippen molar-refractivity contribution in [3.63, 3.8) is 0 Å². The van der Waals surface area contributed by atoms with Crippen molar-refractivity contribution in [2.45, 2.75) is 38.5 Å². The number of halogens is 1. The maximum absolute atomic E-state index is 14.1. The van der Waals surface area contributed by atoms with Gasteiger partial charge in [-0.1, -0.05) is 42.5 Å². The number of hydrogen-bond acceptors (Lipinski definition) is 5. The van der Waals surface area contributed by atoms with E-state index < -0.39 is 0 Å². The predicted molar refractivity (Wildman–Crippen MR) is 146 cm³/mol. The zero-order valence-electron chi connectivity index (χ0n) is 21.7. The van der Waals surface area contributed by atoms with Gasteiger partial charge in [0.1, 0.15) is 12.4 Å². The van der Waals surface area contributed by atoms with Crippen molar-refractivity contribution in [3.05, 3.63) is 93.4 Å². The van der Waals surface area contributed by atoms with E-state index in [1.165, 1.54) is 16.5 Å². The number of carbonyl (C=O) groups excluding carboxylic acids is 2. The van der Waals surface area contributed by atoms with E-state index in [0.717, 1.165) is 24.1 Å². The van der Waals surface area contributed by atoms with Crippen molar-refractivity contribution in [1.29, 1.82) is 0 Å². The standard InChI is InChI=1S/C30H34FN3O3S/c1-22-19-33(15-16-34(22)29(36)21-37-20-23-6-3-2-4-7-23)28(35)11-14-32-13-10-27-26(12-17-38-27)30(32)24-8-5-9-25(31)18-24/h2-9,12,17-18,22,30H,10-11,13-16,19-21H2,1H3. The molecule has 2 aliphatic heterocycles. The van der Waals surface area contributed by atoms with Gasteiger partial charge in [-0.2, -0.15) is 0 Å². The predicted octanol–water partition coefficient (Wildman–Crippen LogP) is 4.50. The molecule has 0 saturated carbocycles. The van der Waals surface area contributed by atoms with Gasteiger partial charge < -0.3 is 14.5 Å². The molecule has 1 saturated heterocycles. The lowest BCUT2D eigenvalue weighted by Crippen LogP contribution is -2.56. The van der Waals surface area contributed by atoms with Crippen LogP contribution in [0.2, 0.25) is 0 Å². The third-order valence-electron chi connectivity index (χ3n) is 7.48. The molecule has 2 aromatic carbocycles. The van der Waals surface area contributed by atoms with Crippen LogP contribution >= 0.6 is 11.3 Å². The number of nitrogens with zero attached hydrogens (tertiary/aromatic N) is 3. The fraction of sp³-hybridized carbons (Fsp3) is 0.400. The topological polar surface area (TPSA) is 53.1 Å². The van der Waals surface area contributed by atoms with Gasteiger partial charge in [0.15, 0.2) is 0 Å². The highest BCUT2D eigenvalue weighted by molar-refractivity contribution is 7.10. The molecule has 2 atom stereocenters. The van der Waals surface area contributed by atoms with E-state index in [0.29, 0.717) is 39.2 Å². The zero-order valence-corrected chi connectivity index (χ0v) is 22.5. The van der Waals surface area contributed by atoms with Crippen molar-refractivity contribution < 1.29 is 18.7 Å². The second kappa shape index (κ2) is 12.2. The Balaban J connectivity index is 1.13. The first-order valence-electron chi connectivity index (χ1n) is 13.2. The average molecular weight is 536 g/mol. The third-order valence-corrected chi connectivity index (χ3v) is 8.48. The van der Waals surface area contributed by atoms with E-state index in [1.54, 1.807) is 23.5 Å². The van der Waals surface area contributed by atoms with Crippen LogP contribution in [-0.2, 0) is 27.4 Å². The van der Waals surface area contributed by atoms with Crippen LogP contribution in [0.25, 0.3) is 0 Å². The summed E-state index contributed by atoms with van der Waals surface area (Å²) in [4.78, 5) is 33.3. The summed E-state index contributed by atoms with van der Waals surface area (Å²) in [5, 5.41) is 2.10. The summed E-state index contributed by atoms with van der Waals surface area (Å²) < 4.78 is 19.7. The molecule has 8 heteroatoms. The van der Waals surface area contributed by atoms with E-state index in [9.17, 15) is 14.0 Å². The lowest BCUT2D eigenvalue weighted by molar-refractivity contribution is -0.146. The molecule has 2 amide bonds. The number of carbonyl (C=O) groups is 2. The van der Waals surface area contributed by atoms with Crippen LogP contribution < -0.4 is 0 Å². The number of benzene rings is 2. The third kappa shape index (κ3) is 6.14. The van der Waals surface area contributed by atoms with Gasteiger partial charge in [0, 0.05) is 50.1 Å². The van der Waals surface area contributed by atoms with Gasteiger partial charge in [-0.05, 0) is 53.6 Å². The normalized spacial score (nSPS) is 19.8. The highest BCUT2D eigenvalue weighted by atomic mass is 32.1. The van der Waals surface area contributed by atoms with E-state index in [1.807, 2.05) is 53.1 Å². The first-order valence-corrected chi connectivity index (χ1v) is 14.1. The molecule has 0 N–H and O–H groups in total. The molecular formula is C30H34FN3O3S. The van der Waals surface area contributed by atoms with E-state index in [4.69, 9.17) is 4.74 Å². The highest BCUT2D eigenvalue weighted by Gasteiger charge is 2.32. The van der Waals surface area contributed by atoms with Gasteiger partial charge in [0.05, 0.1) is 12.6 Å². The minimum atomic E-state index is -0.243. The number of fused-ring (bicyclic) bond motifs is 1. The van der Waals surface area contributed by atoms with Crippen molar-refractivity contribution in [1.82, 2.24) is 14.7 Å². The van der Waals surface area contributed by atoms with Gasteiger partial charge in [-0.3, -0.25) is 14.5 Å². The lowest BCUT2D eigenvalue weighted by Gasteiger charge is -2.40. The minimum absolute atomic E-state index is 0.0359. The highest BCUT2D eigenvalue weighted by Crippen LogP contribution is 2.38. The molecule has 5 rings (SSSR count). The number of piperazine rings is 1.